The minimum Gasteiger partial charge on any atom is -0.383 e. The maximum atomic E-state index is 5.96. The van der Waals surface area contributed by atoms with Gasteiger partial charge in [0.15, 0.2) is 0 Å². The van der Waals surface area contributed by atoms with Crippen molar-refractivity contribution in [2.75, 3.05) is 47.4 Å². The maximum Gasteiger partial charge on any atom is 0.0615 e. The van der Waals surface area contributed by atoms with Crippen molar-refractivity contribution in [3.8, 4) is 0 Å². The van der Waals surface area contributed by atoms with Gasteiger partial charge in [-0.2, -0.15) is 0 Å². The fourth-order valence-electron chi connectivity index (χ4n) is 2.48. The fraction of sp³-hybridized carbons (Fsp3) is 1.00. The summed E-state index contributed by atoms with van der Waals surface area (Å²) in [5.41, 5.74) is 6.10. The number of nitrogens with zero attached hydrogens (tertiary/aromatic N) is 2. The Kier molecular flexibility index (Phi) is 4.52. The normalized spacial score (nSPS) is 30.0. The second-order valence-electron chi connectivity index (χ2n) is 4.83. The van der Waals surface area contributed by atoms with E-state index in [4.69, 9.17) is 10.5 Å². The zero-order valence-electron chi connectivity index (χ0n) is 10.5. The molecule has 2 unspecified atom stereocenters. The van der Waals surface area contributed by atoms with E-state index < -0.39 is 0 Å². The Bertz CT molecular complexity index is 200. The number of methoxy groups -OCH3 is 1. The first-order chi connectivity index (χ1) is 7.05. The highest BCUT2D eigenvalue weighted by molar-refractivity contribution is 4.99. The molecule has 0 aromatic carbocycles. The number of hydrogen-bond acceptors (Lipinski definition) is 4. The van der Waals surface area contributed by atoms with Crippen molar-refractivity contribution in [1.29, 1.82) is 0 Å². The average molecular weight is 215 g/mol. The quantitative estimate of drug-likeness (QED) is 0.700. The molecule has 1 heterocycles. The van der Waals surface area contributed by atoms with E-state index >= 15 is 0 Å². The molecule has 0 aliphatic carbocycles. The molecule has 2 N–H and O–H groups in total. The van der Waals surface area contributed by atoms with Crippen LogP contribution in [-0.2, 0) is 4.74 Å². The van der Waals surface area contributed by atoms with Crippen molar-refractivity contribution in [3.05, 3.63) is 0 Å². The highest BCUT2D eigenvalue weighted by Gasteiger charge is 2.40. The molecule has 0 bridgehead atoms. The lowest BCUT2D eigenvalue weighted by Crippen LogP contribution is -2.57. The number of rotatable bonds is 5. The summed E-state index contributed by atoms with van der Waals surface area (Å²) >= 11 is 0. The molecule has 0 aromatic rings. The minimum absolute atomic E-state index is 0.146. The zero-order chi connectivity index (χ0) is 11.5. The van der Waals surface area contributed by atoms with Crippen LogP contribution in [0.15, 0.2) is 0 Å². The first-order valence-corrected chi connectivity index (χ1v) is 5.66. The number of ether oxygens (including phenoxy) is 1. The first kappa shape index (κ1) is 12.9. The van der Waals surface area contributed by atoms with Crippen molar-refractivity contribution in [2.24, 2.45) is 5.73 Å². The Morgan fingerprint density at radius 3 is 2.67 bits per heavy atom. The Morgan fingerprint density at radius 2 is 2.27 bits per heavy atom. The summed E-state index contributed by atoms with van der Waals surface area (Å²) in [7, 11) is 6.07. The second-order valence-corrected chi connectivity index (χ2v) is 4.83. The van der Waals surface area contributed by atoms with Crippen LogP contribution in [-0.4, -0.2) is 68.8 Å². The van der Waals surface area contributed by atoms with Crippen molar-refractivity contribution in [3.63, 3.8) is 0 Å². The monoisotopic (exact) mass is 215 g/mol. The van der Waals surface area contributed by atoms with Gasteiger partial charge < -0.3 is 15.4 Å². The molecule has 4 heteroatoms. The van der Waals surface area contributed by atoms with Crippen molar-refractivity contribution in [2.45, 2.75) is 24.9 Å². The molecule has 4 nitrogen and oxygen atoms in total. The molecule has 1 fully saturated rings. The third-order valence-corrected chi connectivity index (χ3v) is 3.72. The molecule has 0 aromatic heterocycles. The predicted molar refractivity (Wildman–Crippen MR) is 63.0 cm³/mol. The second kappa shape index (κ2) is 5.25. The third-order valence-electron chi connectivity index (χ3n) is 3.72. The van der Waals surface area contributed by atoms with E-state index in [1.54, 1.807) is 7.11 Å². The lowest BCUT2D eigenvalue weighted by molar-refractivity contribution is 0.0434. The highest BCUT2D eigenvalue weighted by Crippen LogP contribution is 2.26. The Balaban J connectivity index is 2.65. The van der Waals surface area contributed by atoms with E-state index in [1.807, 2.05) is 0 Å². The molecule has 1 rings (SSSR count). The Labute approximate surface area is 93.4 Å². The molecule has 90 valence electrons. The van der Waals surface area contributed by atoms with Gasteiger partial charge >= 0.3 is 0 Å². The molecular weight excluding hydrogens is 190 g/mol. The van der Waals surface area contributed by atoms with Gasteiger partial charge in [0.05, 0.1) is 6.61 Å². The third kappa shape index (κ3) is 2.69. The van der Waals surface area contributed by atoms with Crippen LogP contribution in [0.2, 0.25) is 0 Å². The molecule has 0 spiro atoms. The van der Waals surface area contributed by atoms with Crippen LogP contribution < -0.4 is 5.73 Å². The lowest BCUT2D eigenvalue weighted by atomic mass is 9.95. The van der Waals surface area contributed by atoms with Crippen LogP contribution in [0.5, 0.6) is 0 Å². The van der Waals surface area contributed by atoms with Crippen LogP contribution in [0.4, 0.5) is 0 Å². The molecular formula is C11H25N3O. The smallest absolute Gasteiger partial charge is 0.0615 e. The van der Waals surface area contributed by atoms with E-state index in [-0.39, 0.29) is 5.54 Å². The summed E-state index contributed by atoms with van der Waals surface area (Å²) in [5.74, 6) is 0. The van der Waals surface area contributed by atoms with Crippen LogP contribution in [0, 0.1) is 0 Å². The SMILES string of the molecule is COCC(C)N(C)C1(CN)CCN(C)C1. The number of likely N-dealkylation sites (tertiary alicyclic amines) is 1. The average Bonchev–Trinajstić information content (AvgIpc) is 2.60. The summed E-state index contributed by atoms with van der Waals surface area (Å²) in [6, 6.07) is 0.421. The number of hydrogen-bond donors (Lipinski definition) is 1. The summed E-state index contributed by atoms with van der Waals surface area (Å²) in [4.78, 5) is 4.74. The number of nitrogens with two attached hydrogens (primary N) is 1. The van der Waals surface area contributed by atoms with Gasteiger partial charge in [0.1, 0.15) is 0 Å². The van der Waals surface area contributed by atoms with Gasteiger partial charge in [0, 0.05) is 31.8 Å². The van der Waals surface area contributed by atoms with E-state index in [9.17, 15) is 0 Å². The van der Waals surface area contributed by atoms with Crippen LogP contribution >= 0.6 is 0 Å². The van der Waals surface area contributed by atoms with Gasteiger partial charge in [0.25, 0.3) is 0 Å². The van der Waals surface area contributed by atoms with E-state index in [0.717, 1.165) is 32.7 Å². The van der Waals surface area contributed by atoms with Gasteiger partial charge in [-0.05, 0) is 34.0 Å². The van der Waals surface area contributed by atoms with Crippen LogP contribution in [0.3, 0.4) is 0 Å². The van der Waals surface area contributed by atoms with Gasteiger partial charge in [-0.1, -0.05) is 0 Å². The van der Waals surface area contributed by atoms with Gasteiger partial charge in [-0.15, -0.1) is 0 Å². The molecule has 15 heavy (non-hydrogen) atoms. The molecule has 1 aliphatic heterocycles. The zero-order valence-corrected chi connectivity index (χ0v) is 10.5. The highest BCUT2D eigenvalue weighted by atomic mass is 16.5. The summed E-state index contributed by atoms with van der Waals surface area (Å²) in [6.45, 7) is 5.89. The van der Waals surface area contributed by atoms with E-state index in [2.05, 4.69) is 30.8 Å². The molecule has 1 saturated heterocycles. The van der Waals surface area contributed by atoms with Gasteiger partial charge in [0.2, 0.25) is 0 Å². The standard InChI is InChI=1S/C11H25N3O/c1-10(7-15-4)14(3)11(8-12)5-6-13(2)9-11/h10H,5-9,12H2,1-4H3. The molecule has 2 atom stereocenters. The minimum atomic E-state index is 0.146. The van der Waals surface area contributed by atoms with E-state index in [1.165, 1.54) is 0 Å². The summed E-state index contributed by atoms with van der Waals surface area (Å²) < 4.78 is 5.20. The van der Waals surface area contributed by atoms with Gasteiger partial charge in [-0.25, -0.2) is 0 Å². The lowest BCUT2D eigenvalue weighted by Gasteiger charge is -2.41. The van der Waals surface area contributed by atoms with Crippen molar-refractivity contribution in [1.82, 2.24) is 9.80 Å². The molecule has 0 amide bonds. The molecule has 0 saturated carbocycles. The Morgan fingerprint density at radius 1 is 1.60 bits per heavy atom. The summed E-state index contributed by atoms with van der Waals surface area (Å²) in [6.07, 6.45) is 1.16. The number of likely N-dealkylation sites (N-methyl/N-ethyl adjacent to an activating group) is 2. The van der Waals surface area contributed by atoms with Gasteiger partial charge in [-0.3, -0.25) is 4.90 Å². The van der Waals surface area contributed by atoms with Crippen LogP contribution in [0.1, 0.15) is 13.3 Å². The van der Waals surface area contributed by atoms with Crippen LogP contribution in [0.25, 0.3) is 0 Å². The maximum absolute atomic E-state index is 5.96. The molecule has 0 radical (unpaired) electrons. The Hall–Kier alpha value is -0.160. The van der Waals surface area contributed by atoms with E-state index in [0.29, 0.717) is 6.04 Å². The summed E-state index contributed by atoms with van der Waals surface area (Å²) in [5, 5.41) is 0. The topological polar surface area (TPSA) is 41.7 Å². The fourth-order valence-corrected chi connectivity index (χ4v) is 2.48. The predicted octanol–water partition coefficient (Wildman–Crippen LogP) is -0.0139. The largest absolute Gasteiger partial charge is 0.383 e. The van der Waals surface area contributed by atoms with Crippen molar-refractivity contribution < 1.29 is 4.74 Å². The van der Waals surface area contributed by atoms with Crippen molar-refractivity contribution >= 4 is 0 Å². The molecule has 1 aliphatic rings. The first-order valence-electron chi connectivity index (χ1n) is 5.66.